The van der Waals surface area contributed by atoms with Crippen LogP contribution in [0.3, 0.4) is 0 Å². The lowest BCUT2D eigenvalue weighted by Gasteiger charge is -2.23. The normalized spacial score (nSPS) is 21.3. The van der Waals surface area contributed by atoms with Gasteiger partial charge in [0.25, 0.3) is 5.69 Å². The van der Waals surface area contributed by atoms with Crippen LogP contribution in [0.1, 0.15) is 18.9 Å². The highest BCUT2D eigenvalue weighted by Gasteiger charge is 2.38. The molecule has 0 aliphatic carbocycles. The summed E-state index contributed by atoms with van der Waals surface area (Å²) in [5.41, 5.74) is 0.256. The molecule has 7 nitrogen and oxygen atoms in total. The molecule has 1 aromatic rings. The first-order valence-corrected chi connectivity index (χ1v) is 6.66. The highest BCUT2D eigenvalue weighted by Crippen LogP contribution is 2.26. The highest BCUT2D eigenvalue weighted by molar-refractivity contribution is 5.82. The zero-order valence-corrected chi connectivity index (χ0v) is 11.6. The van der Waals surface area contributed by atoms with E-state index in [1.807, 2.05) is 0 Å². The minimum absolute atomic E-state index is 0.0895. The molecule has 1 aliphatic heterocycles. The lowest BCUT2D eigenvalue weighted by Crippen LogP contribution is -2.38. The molecule has 1 heterocycles. The monoisotopic (exact) mass is 292 g/mol. The van der Waals surface area contributed by atoms with Crippen molar-refractivity contribution in [3.63, 3.8) is 0 Å². The number of rotatable bonds is 4. The maximum atomic E-state index is 12.3. The minimum atomic E-state index is -0.913. The van der Waals surface area contributed by atoms with E-state index in [-0.39, 0.29) is 18.0 Å². The first-order valence-electron chi connectivity index (χ1n) is 6.66. The Balaban J connectivity index is 2.13. The number of likely N-dealkylation sites (tertiary alicyclic amines) is 1. The molecule has 0 aromatic heterocycles. The van der Waals surface area contributed by atoms with Crippen molar-refractivity contribution in [1.82, 2.24) is 4.90 Å². The summed E-state index contributed by atoms with van der Waals surface area (Å²) in [4.78, 5) is 35.2. The quantitative estimate of drug-likeness (QED) is 0.668. The summed E-state index contributed by atoms with van der Waals surface area (Å²) in [6.07, 6.45) is 0.326. The summed E-state index contributed by atoms with van der Waals surface area (Å²) in [7, 11) is 0. The Labute approximate surface area is 121 Å². The maximum absolute atomic E-state index is 12.3. The number of carboxylic acids is 1. The number of para-hydroxylation sites is 1. The van der Waals surface area contributed by atoms with E-state index in [9.17, 15) is 19.7 Å². The van der Waals surface area contributed by atoms with Gasteiger partial charge in [-0.15, -0.1) is 0 Å². The fourth-order valence-corrected chi connectivity index (χ4v) is 2.72. The van der Waals surface area contributed by atoms with Gasteiger partial charge in [-0.1, -0.05) is 18.2 Å². The molecule has 1 aliphatic rings. The Bertz CT molecular complexity index is 586. The average Bonchev–Trinajstić information content (AvgIpc) is 2.81. The molecule has 1 amide bonds. The predicted molar refractivity (Wildman–Crippen MR) is 73.7 cm³/mol. The number of carbonyl (C=O) groups excluding carboxylic acids is 1. The topological polar surface area (TPSA) is 101 Å². The van der Waals surface area contributed by atoms with Crippen molar-refractivity contribution in [3.8, 4) is 0 Å². The number of nitrogens with zero attached hydrogens (tertiary/aromatic N) is 2. The van der Waals surface area contributed by atoms with Gasteiger partial charge in [0.05, 0.1) is 17.3 Å². The molecule has 0 bridgehead atoms. The lowest BCUT2D eigenvalue weighted by atomic mass is 10.0. The van der Waals surface area contributed by atoms with E-state index in [0.717, 1.165) is 0 Å². The van der Waals surface area contributed by atoms with Gasteiger partial charge in [-0.3, -0.25) is 19.7 Å². The zero-order valence-electron chi connectivity index (χ0n) is 11.6. The van der Waals surface area contributed by atoms with E-state index in [0.29, 0.717) is 18.5 Å². The van der Waals surface area contributed by atoms with Gasteiger partial charge < -0.3 is 10.0 Å². The molecular formula is C14H16N2O5. The molecular weight excluding hydrogens is 276 g/mol. The Morgan fingerprint density at radius 3 is 2.67 bits per heavy atom. The fourth-order valence-electron chi connectivity index (χ4n) is 2.72. The van der Waals surface area contributed by atoms with Crippen LogP contribution in [0, 0.1) is 16.0 Å². The van der Waals surface area contributed by atoms with E-state index in [1.54, 1.807) is 25.1 Å². The Kier molecular flexibility index (Phi) is 4.21. The molecule has 1 fully saturated rings. The summed E-state index contributed by atoms with van der Waals surface area (Å²) in [6, 6.07) is 5.70. The van der Waals surface area contributed by atoms with Gasteiger partial charge in [0.1, 0.15) is 0 Å². The third-order valence-electron chi connectivity index (χ3n) is 3.92. The summed E-state index contributed by atoms with van der Waals surface area (Å²) >= 11 is 0. The molecule has 2 rings (SSSR count). The van der Waals surface area contributed by atoms with Gasteiger partial charge in [-0.05, 0) is 13.3 Å². The Morgan fingerprint density at radius 2 is 2.10 bits per heavy atom. The number of carboxylic acid groups (broad SMARTS) is 1. The molecule has 0 spiro atoms. The van der Waals surface area contributed by atoms with Crippen molar-refractivity contribution in [2.75, 3.05) is 6.54 Å². The highest BCUT2D eigenvalue weighted by atomic mass is 16.6. The van der Waals surface area contributed by atoms with Crippen LogP contribution in [-0.4, -0.2) is 39.4 Å². The SMILES string of the molecule is CC1C(C(=O)O)CCN1C(=O)Cc1ccccc1[N+](=O)[O-]. The van der Waals surface area contributed by atoms with Crippen LogP contribution in [0.2, 0.25) is 0 Å². The second-order valence-electron chi connectivity index (χ2n) is 5.12. The van der Waals surface area contributed by atoms with Gasteiger partial charge in [0.2, 0.25) is 5.91 Å². The van der Waals surface area contributed by atoms with E-state index in [1.165, 1.54) is 11.0 Å². The summed E-state index contributed by atoms with van der Waals surface area (Å²) < 4.78 is 0. The van der Waals surface area contributed by atoms with Gasteiger partial charge in [-0.25, -0.2) is 0 Å². The molecule has 7 heteroatoms. The van der Waals surface area contributed by atoms with Crippen molar-refractivity contribution < 1.29 is 19.6 Å². The molecule has 112 valence electrons. The molecule has 0 radical (unpaired) electrons. The molecule has 21 heavy (non-hydrogen) atoms. The van der Waals surface area contributed by atoms with Crippen molar-refractivity contribution in [3.05, 3.63) is 39.9 Å². The maximum Gasteiger partial charge on any atom is 0.308 e. The van der Waals surface area contributed by atoms with Crippen LogP contribution >= 0.6 is 0 Å². The molecule has 1 N–H and O–H groups in total. The summed E-state index contributed by atoms with van der Waals surface area (Å²) in [6.45, 7) is 2.07. The number of nitro benzene ring substituents is 1. The zero-order chi connectivity index (χ0) is 15.6. The third kappa shape index (κ3) is 3.01. The van der Waals surface area contributed by atoms with E-state index >= 15 is 0 Å². The number of hydrogen-bond donors (Lipinski definition) is 1. The number of aliphatic carboxylic acids is 1. The van der Waals surface area contributed by atoms with Gasteiger partial charge in [0.15, 0.2) is 0 Å². The molecule has 2 unspecified atom stereocenters. The number of benzene rings is 1. The van der Waals surface area contributed by atoms with Crippen LogP contribution < -0.4 is 0 Å². The van der Waals surface area contributed by atoms with Crippen LogP contribution in [0.25, 0.3) is 0 Å². The van der Waals surface area contributed by atoms with Gasteiger partial charge in [0, 0.05) is 24.2 Å². The Hall–Kier alpha value is -2.44. The largest absolute Gasteiger partial charge is 0.481 e. The van der Waals surface area contributed by atoms with Gasteiger partial charge >= 0.3 is 5.97 Å². The third-order valence-corrected chi connectivity index (χ3v) is 3.92. The summed E-state index contributed by atoms with van der Waals surface area (Å²) in [5, 5.41) is 20.0. The first kappa shape index (κ1) is 15.0. The fraction of sp³-hybridized carbons (Fsp3) is 0.429. The smallest absolute Gasteiger partial charge is 0.308 e. The predicted octanol–water partition coefficient (Wildman–Crippen LogP) is 1.46. The number of carbonyl (C=O) groups is 2. The van der Waals surface area contributed by atoms with Gasteiger partial charge in [-0.2, -0.15) is 0 Å². The number of nitro groups is 1. The van der Waals surface area contributed by atoms with Crippen LogP contribution in [0.5, 0.6) is 0 Å². The van der Waals surface area contributed by atoms with Crippen LogP contribution in [-0.2, 0) is 16.0 Å². The molecule has 1 aromatic carbocycles. The molecule has 2 atom stereocenters. The summed E-state index contributed by atoms with van der Waals surface area (Å²) in [5.74, 6) is -1.76. The first-order chi connectivity index (χ1) is 9.91. The van der Waals surface area contributed by atoms with Crippen molar-refractivity contribution in [2.24, 2.45) is 5.92 Å². The Morgan fingerprint density at radius 1 is 1.43 bits per heavy atom. The van der Waals surface area contributed by atoms with Crippen molar-refractivity contribution in [1.29, 1.82) is 0 Å². The standard InChI is InChI=1S/C14H16N2O5/c1-9-11(14(18)19)6-7-15(9)13(17)8-10-4-2-3-5-12(10)16(20)21/h2-5,9,11H,6-8H2,1H3,(H,18,19). The van der Waals surface area contributed by atoms with Crippen molar-refractivity contribution in [2.45, 2.75) is 25.8 Å². The van der Waals surface area contributed by atoms with Crippen LogP contribution in [0.15, 0.2) is 24.3 Å². The van der Waals surface area contributed by atoms with Crippen LogP contribution in [0.4, 0.5) is 5.69 Å². The number of amides is 1. The molecule has 1 saturated heterocycles. The van der Waals surface area contributed by atoms with Crippen molar-refractivity contribution >= 4 is 17.6 Å². The minimum Gasteiger partial charge on any atom is -0.481 e. The van der Waals surface area contributed by atoms with E-state index in [2.05, 4.69) is 0 Å². The lowest BCUT2D eigenvalue weighted by molar-refractivity contribution is -0.385. The second-order valence-corrected chi connectivity index (χ2v) is 5.12. The number of hydrogen-bond acceptors (Lipinski definition) is 4. The van der Waals surface area contributed by atoms with E-state index in [4.69, 9.17) is 5.11 Å². The van der Waals surface area contributed by atoms with E-state index < -0.39 is 22.9 Å². The second kappa shape index (κ2) is 5.90. The molecule has 0 saturated carbocycles. The average molecular weight is 292 g/mol.